The van der Waals surface area contributed by atoms with Crippen LogP contribution in [0.2, 0.25) is 0 Å². The van der Waals surface area contributed by atoms with Crippen LogP contribution >= 0.6 is 0 Å². The van der Waals surface area contributed by atoms with E-state index in [1.54, 1.807) is 0 Å². The second-order valence-electron chi connectivity index (χ2n) is 3.25. The van der Waals surface area contributed by atoms with E-state index < -0.39 is 21.5 Å². The zero-order chi connectivity index (χ0) is 12.2. The minimum Gasteiger partial charge on any atom is -0.316 e. The molecule has 0 amide bonds. The van der Waals surface area contributed by atoms with Crippen LogP contribution in [0.5, 0.6) is 0 Å². The molecule has 0 atom stereocenters. The lowest BCUT2D eigenvalue weighted by molar-refractivity contribution is 0.504. The first kappa shape index (κ1) is 13.1. The van der Waals surface area contributed by atoms with Crippen LogP contribution < -0.4 is 5.32 Å². The summed E-state index contributed by atoms with van der Waals surface area (Å²) in [5.41, 5.74) is 0. The average Bonchev–Trinajstić information content (AvgIpc) is 2.22. The first-order valence-electron chi connectivity index (χ1n) is 4.86. The Morgan fingerprint density at radius 3 is 2.50 bits per heavy atom. The molecular weight excluding hydrogens is 236 g/mol. The van der Waals surface area contributed by atoms with Crippen molar-refractivity contribution in [3.05, 3.63) is 29.8 Å². The van der Waals surface area contributed by atoms with Crippen molar-refractivity contribution in [1.29, 1.82) is 0 Å². The Hall–Kier alpha value is -1.01. The molecule has 6 heteroatoms. The molecule has 1 aromatic carbocycles. The standard InChI is InChI=1S/C10H13F2NO2S/c1-2-13-5-6-16(14,15)8-3-4-9(11)10(12)7-8/h3-4,7,13H,2,5-6H2,1H3. The molecule has 0 bridgehead atoms. The van der Waals surface area contributed by atoms with Crippen LogP contribution in [0, 0.1) is 11.6 Å². The largest absolute Gasteiger partial charge is 0.316 e. The van der Waals surface area contributed by atoms with Gasteiger partial charge in [-0.25, -0.2) is 17.2 Å². The van der Waals surface area contributed by atoms with Crippen LogP contribution in [-0.2, 0) is 9.84 Å². The number of rotatable bonds is 5. The lowest BCUT2D eigenvalue weighted by Crippen LogP contribution is -2.22. The molecule has 90 valence electrons. The fraction of sp³-hybridized carbons (Fsp3) is 0.400. The fourth-order valence-corrected chi connectivity index (χ4v) is 2.38. The lowest BCUT2D eigenvalue weighted by Gasteiger charge is -2.05. The van der Waals surface area contributed by atoms with Gasteiger partial charge in [0.05, 0.1) is 10.6 Å². The monoisotopic (exact) mass is 249 g/mol. The second-order valence-corrected chi connectivity index (χ2v) is 5.36. The van der Waals surface area contributed by atoms with E-state index in [1.807, 2.05) is 6.92 Å². The summed E-state index contributed by atoms with van der Waals surface area (Å²) >= 11 is 0. The van der Waals surface area contributed by atoms with E-state index in [-0.39, 0.29) is 17.2 Å². The highest BCUT2D eigenvalue weighted by molar-refractivity contribution is 7.91. The molecule has 0 heterocycles. The molecule has 1 aromatic rings. The predicted octanol–water partition coefficient (Wildman–Crippen LogP) is 1.35. The Morgan fingerprint density at radius 2 is 1.94 bits per heavy atom. The minimum absolute atomic E-state index is 0.133. The van der Waals surface area contributed by atoms with Gasteiger partial charge in [0.25, 0.3) is 0 Å². The molecular formula is C10H13F2NO2S. The Kier molecular flexibility index (Phi) is 4.37. The summed E-state index contributed by atoms with van der Waals surface area (Å²) in [4.78, 5) is -0.190. The number of sulfone groups is 1. The number of benzene rings is 1. The smallest absolute Gasteiger partial charge is 0.179 e. The molecule has 0 aromatic heterocycles. The summed E-state index contributed by atoms with van der Waals surface area (Å²) in [6.45, 7) is 2.80. The Labute approximate surface area is 93.4 Å². The highest BCUT2D eigenvalue weighted by Gasteiger charge is 2.15. The molecule has 0 aliphatic rings. The normalized spacial score (nSPS) is 11.7. The predicted molar refractivity (Wildman–Crippen MR) is 57.0 cm³/mol. The third-order valence-corrected chi connectivity index (χ3v) is 3.76. The quantitative estimate of drug-likeness (QED) is 0.633. The molecule has 0 fully saturated rings. The van der Waals surface area contributed by atoms with Gasteiger partial charge in [-0.3, -0.25) is 0 Å². The molecule has 16 heavy (non-hydrogen) atoms. The van der Waals surface area contributed by atoms with Crippen LogP contribution in [-0.4, -0.2) is 27.3 Å². The summed E-state index contributed by atoms with van der Waals surface area (Å²) < 4.78 is 48.7. The summed E-state index contributed by atoms with van der Waals surface area (Å²) in [5.74, 6) is -2.33. The number of hydrogen-bond acceptors (Lipinski definition) is 3. The highest BCUT2D eigenvalue weighted by atomic mass is 32.2. The van der Waals surface area contributed by atoms with E-state index in [4.69, 9.17) is 0 Å². The summed E-state index contributed by atoms with van der Waals surface area (Å²) in [7, 11) is -3.54. The van der Waals surface area contributed by atoms with Crippen LogP contribution in [0.4, 0.5) is 8.78 Å². The minimum atomic E-state index is -3.54. The molecule has 1 N–H and O–H groups in total. The van der Waals surface area contributed by atoms with Crippen LogP contribution in [0.1, 0.15) is 6.92 Å². The van der Waals surface area contributed by atoms with Gasteiger partial charge in [0.2, 0.25) is 0 Å². The van der Waals surface area contributed by atoms with Crippen molar-refractivity contribution in [3.8, 4) is 0 Å². The maximum atomic E-state index is 12.8. The topological polar surface area (TPSA) is 46.2 Å². The van der Waals surface area contributed by atoms with Crippen molar-refractivity contribution in [2.24, 2.45) is 0 Å². The van der Waals surface area contributed by atoms with Gasteiger partial charge in [-0.15, -0.1) is 0 Å². The van der Waals surface area contributed by atoms with Gasteiger partial charge in [-0.1, -0.05) is 6.92 Å². The second kappa shape index (κ2) is 5.36. The number of nitrogens with one attached hydrogen (secondary N) is 1. The zero-order valence-electron chi connectivity index (χ0n) is 8.83. The molecule has 0 aliphatic carbocycles. The van der Waals surface area contributed by atoms with E-state index in [0.29, 0.717) is 12.6 Å². The first-order chi connectivity index (χ1) is 7.47. The van der Waals surface area contributed by atoms with Gasteiger partial charge in [0.1, 0.15) is 0 Å². The van der Waals surface area contributed by atoms with Gasteiger partial charge in [-0.05, 0) is 24.7 Å². The molecule has 0 aliphatic heterocycles. The zero-order valence-corrected chi connectivity index (χ0v) is 9.65. The molecule has 3 nitrogen and oxygen atoms in total. The van der Waals surface area contributed by atoms with Crippen molar-refractivity contribution in [3.63, 3.8) is 0 Å². The van der Waals surface area contributed by atoms with Crippen LogP contribution in [0.25, 0.3) is 0 Å². The van der Waals surface area contributed by atoms with Crippen molar-refractivity contribution >= 4 is 9.84 Å². The van der Waals surface area contributed by atoms with Gasteiger partial charge in [0.15, 0.2) is 21.5 Å². The van der Waals surface area contributed by atoms with E-state index in [2.05, 4.69) is 5.32 Å². The van der Waals surface area contributed by atoms with Crippen LogP contribution in [0.3, 0.4) is 0 Å². The maximum Gasteiger partial charge on any atom is 0.179 e. The Balaban J connectivity index is 2.86. The molecule has 0 radical (unpaired) electrons. The summed E-state index contributed by atoms with van der Waals surface area (Å²) in [6, 6.07) is 2.59. The summed E-state index contributed by atoms with van der Waals surface area (Å²) in [6.07, 6.45) is 0. The SMILES string of the molecule is CCNCCS(=O)(=O)c1ccc(F)c(F)c1. The van der Waals surface area contributed by atoms with Crippen LogP contribution in [0.15, 0.2) is 23.1 Å². The fourth-order valence-electron chi connectivity index (χ4n) is 1.17. The van der Waals surface area contributed by atoms with Crippen molar-refractivity contribution in [2.75, 3.05) is 18.8 Å². The Bertz CT molecular complexity index is 460. The summed E-state index contributed by atoms with van der Waals surface area (Å²) in [5, 5.41) is 2.85. The van der Waals surface area contributed by atoms with Gasteiger partial charge < -0.3 is 5.32 Å². The molecule has 0 unspecified atom stereocenters. The van der Waals surface area contributed by atoms with Gasteiger partial charge >= 0.3 is 0 Å². The molecule has 1 rings (SSSR count). The average molecular weight is 249 g/mol. The lowest BCUT2D eigenvalue weighted by atomic mass is 10.3. The highest BCUT2D eigenvalue weighted by Crippen LogP contribution is 2.14. The van der Waals surface area contributed by atoms with E-state index in [1.165, 1.54) is 0 Å². The molecule has 0 saturated carbocycles. The van der Waals surface area contributed by atoms with Gasteiger partial charge in [-0.2, -0.15) is 0 Å². The number of hydrogen-bond donors (Lipinski definition) is 1. The first-order valence-corrected chi connectivity index (χ1v) is 6.51. The van der Waals surface area contributed by atoms with Crippen molar-refractivity contribution in [2.45, 2.75) is 11.8 Å². The third-order valence-electron chi connectivity index (χ3n) is 2.05. The van der Waals surface area contributed by atoms with E-state index >= 15 is 0 Å². The van der Waals surface area contributed by atoms with Gasteiger partial charge in [0, 0.05) is 6.54 Å². The number of halogens is 2. The van der Waals surface area contributed by atoms with Crippen molar-refractivity contribution < 1.29 is 17.2 Å². The molecule has 0 saturated heterocycles. The molecule has 0 spiro atoms. The van der Waals surface area contributed by atoms with Crippen molar-refractivity contribution in [1.82, 2.24) is 5.32 Å². The maximum absolute atomic E-state index is 12.8. The Morgan fingerprint density at radius 1 is 1.25 bits per heavy atom. The van der Waals surface area contributed by atoms with E-state index in [9.17, 15) is 17.2 Å². The third kappa shape index (κ3) is 3.24. The van der Waals surface area contributed by atoms with E-state index in [0.717, 1.165) is 12.1 Å².